The lowest BCUT2D eigenvalue weighted by atomic mass is 10.0. The van der Waals surface area contributed by atoms with Crippen LogP contribution < -0.4 is 0 Å². The van der Waals surface area contributed by atoms with Gasteiger partial charge in [0.05, 0.1) is 19.2 Å². The monoisotopic (exact) mass is 327 g/mol. The van der Waals surface area contributed by atoms with Crippen molar-refractivity contribution in [1.82, 2.24) is 4.90 Å². The van der Waals surface area contributed by atoms with Crippen molar-refractivity contribution in [2.24, 2.45) is 5.92 Å². The second kappa shape index (κ2) is 6.30. The fraction of sp³-hybridized carbons (Fsp3) is 0.941. The van der Waals surface area contributed by atoms with E-state index in [0.717, 1.165) is 38.9 Å². The molecule has 4 aliphatic rings. The van der Waals surface area contributed by atoms with Crippen LogP contribution in [0.3, 0.4) is 0 Å². The van der Waals surface area contributed by atoms with E-state index < -0.39 is 5.67 Å². The maximum atomic E-state index is 14.2. The number of likely N-dealkylation sites (tertiary alicyclic amines) is 1. The molecule has 0 aromatic rings. The summed E-state index contributed by atoms with van der Waals surface area (Å²) in [6, 6.07) is -0.0100. The smallest absolute Gasteiger partial charge is 0.260 e. The molecule has 1 amide bonds. The van der Waals surface area contributed by atoms with Crippen molar-refractivity contribution in [2.75, 3.05) is 33.0 Å². The van der Waals surface area contributed by atoms with Gasteiger partial charge < -0.3 is 19.1 Å². The lowest BCUT2D eigenvalue weighted by molar-refractivity contribution is -0.141. The third kappa shape index (κ3) is 3.13. The average molecular weight is 327 g/mol. The number of rotatable bonds is 4. The zero-order chi connectivity index (χ0) is 15.9. The maximum Gasteiger partial charge on any atom is 0.260 e. The van der Waals surface area contributed by atoms with Crippen molar-refractivity contribution in [3.05, 3.63) is 0 Å². The molecule has 0 spiro atoms. The molecule has 3 aliphatic heterocycles. The van der Waals surface area contributed by atoms with E-state index in [-0.39, 0.29) is 24.2 Å². The quantitative estimate of drug-likeness (QED) is 0.788. The molecule has 0 bridgehead atoms. The molecule has 0 aromatic heterocycles. The predicted octanol–water partition coefficient (Wildman–Crippen LogP) is 1.69. The van der Waals surface area contributed by atoms with Gasteiger partial charge in [0.2, 0.25) is 0 Å². The average Bonchev–Trinajstić information content (AvgIpc) is 3.24. The van der Waals surface area contributed by atoms with Crippen LogP contribution in [-0.4, -0.2) is 67.7 Å². The molecule has 0 aromatic carbocycles. The van der Waals surface area contributed by atoms with Gasteiger partial charge in [-0.3, -0.25) is 4.79 Å². The van der Waals surface area contributed by atoms with Crippen LogP contribution in [0.25, 0.3) is 0 Å². The number of alkyl halides is 1. The van der Waals surface area contributed by atoms with E-state index >= 15 is 0 Å². The Morgan fingerprint density at radius 3 is 2.74 bits per heavy atom. The second-order valence-electron chi connectivity index (χ2n) is 7.40. The van der Waals surface area contributed by atoms with Gasteiger partial charge in [-0.15, -0.1) is 0 Å². The molecule has 130 valence electrons. The Labute approximate surface area is 136 Å². The van der Waals surface area contributed by atoms with Gasteiger partial charge >= 0.3 is 0 Å². The molecular formula is C17H26FNO4. The number of halogens is 1. The minimum absolute atomic E-state index is 0.0100. The molecule has 3 atom stereocenters. The van der Waals surface area contributed by atoms with Crippen LogP contribution in [0.15, 0.2) is 0 Å². The minimum Gasteiger partial charge on any atom is -0.381 e. The largest absolute Gasteiger partial charge is 0.381 e. The Morgan fingerprint density at radius 1 is 1.22 bits per heavy atom. The summed E-state index contributed by atoms with van der Waals surface area (Å²) in [7, 11) is 0. The molecule has 3 saturated heterocycles. The van der Waals surface area contributed by atoms with E-state index in [4.69, 9.17) is 14.2 Å². The van der Waals surface area contributed by atoms with Crippen LogP contribution in [-0.2, 0) is 19.0 Å². The first-order valence-corrected chi connectivity index (χ1v) is 8.98. The second-order valence-corrected chi connectivity index (χ2v) is 7.40. The molecule has 23 heavy (non-hydrogen) atoms. The molecule has 4 rings (SSSR count). The first-order valence-electron chi connectivity index (χ1n) is 8.98. The molecule has 4 fully saturated rings. The highest BCUT2D eigenvalue weighted by Gasteiger charge is 2.57. The number of hydrogen-bond donors (Lipinski definition) is 0. The van der Waals surface area contributed by atoms with E-state index in [1.54, 1.807) is 4.90 Å². The topological polar surface area (TPSA) is 48.0 Å². The van der Waals surface area contributed by atoms with E-state index in [9.17, 15) is 9.18 Å². The van der Waals surface area contributed by atoms with Crippen molar-refractivity contribution in [3.8, 4) is 0 Å². The zero-order valence-corrected chi connectivity index (χ0v) is 13.5. The van der Waals surface area contributed by atoms with Gasteiger partial charge in [-0.1, -0.05) is 0 Å². The van der Waals surface area contributed by atoms with Gasteiger partial charge in [-0.25, -0.2) is 4.39 Å². The molecular weight excluding hydrogens is 301 g/mol. The van der Waals surface area contributed by atoms with E-state index in [1.165, 1.54) is 0 Å². The minimum atomic E-state index is -1.60. The summed E-state index contributed by atoms with van der Waals surface area (Å²) in [5.41, 5.74) is -1.60. The van der Waals surface area contributed by atoms with Gasteiger partial charge in [-0.2, -0.15) is 0 Å². The van der Waals surface area contributed by atoms with Gasteiger partial charge in [0, 0.05) is 19.8 Å². The Bertz CT molecular complexity index is 450. The SMILES string of the molecule is O=C(N1C[C@H](OCC2CCOCC2)[C@H]2OCCC[C@H]21)C1(F)CC1. The Kier molecular flexibility index (Phi) is 4.32. The highest BCUT2D eigenvalue weighted by molar-refractivity contribution is 5.88. The van der Waals surface area contributed by atoms with Crippen molar-refractivity contribution in [3.63, 3.8) is 0 Å². The zero-order valence-electron chi connectivity index (χ0n) is 13.5. The standard InChI is InChI=1S/C17H26FNO4/c18-17(5-6-17)16(20)19-10-14(15-13(19)2-1-7-22-15)23-11-12-3-8-21-9-4-12/h12-15H,1-11H2/t13-,14+,15+/m1/s1. The van der Waals surface area contributed by atoms with E-state index in [1.807, 2.05) is 0 Å². The van der Waals surface area contributed by atoms with E-state index in [2.05, 4.69) is 0 Å². The summed E-state index contributed by atoms with van der Waals surface area (Å²) in [5.74, 6) is 0.182. The fourth-order valence-corrected chi connectivity index (χ4v) is 4.04. The Morgan fingerprint density at radius 2 is 2.00 bits per heavy atom. The van der Waals surface area contributed by atoms with Crippen LogP contribution in [0.4, 0.5) is 4.39 Å². The summed E-state index contributed by atoms with van der Waals surface area (Å²) in [5, 5.41) is 0. The number of carbonyl (C=O) groups is 1. The molecule has 0 N–H and O–H groups in total. The number of fused-ring (bicyclic) bond motifs is 1. The van der Waals surface area contributed by atoms with Crippen molar-refractivity contribution in [1.29, 1.82) is 0 Å². The van der Waals surface area contributed by atoms with Crippen LogP contribution in [0.1, 0.15) is 38.5 Å². The molecule has 5 nitrogen and oxygen atoms in total. The summed E-state index contributed by atoms with van der Waals surface area (Å²) in [6.07, 6.45) is 4.41. The van der Waals surface area contributed by atoms with Gasteiger partial charge in [0.15, 0.2) is 5.67 Å². The lowest BCUT2D eigenvalue weighted by Gasteiger charge is -2.33. The van der Waals surface area contributed by atoms with Crippen molar-refractivity contribution in [2.45, 2.75) is 62.4 Å². The summed E-state index contributed by atoms with van der Waals surface area (Å²) >= 11 is 0. The molecule has 3 heterocycles. The molecule has 0 unspecified atom stereocenters. The Balaban J connectivity index is 1.39. The number of ether oxygens (including phenoxy) is 3. The third-order valence-electron chi connectivity index (χ3n) is 5.70. The number of hydrogen-bond acceptors (Lipinski definition) is 4. The van der Waals surface area contributed by atoms with Crippen molar-refractivity contribution < 1.29 is 23.4 Å². The lowest BCUT2D eigenvalue weighted by Crippen LogP contribution is -2.46. The Hall–Kier alpha value is -0.720. The molecule has 1 saturated carbocycles. The molecule has 6 heteroatoms. The number of nitrogens with zero attached hydrogens (tertiary/aromatic N) is 1. The van der Waals surface area contributed by atoms with Crippen LogP contribution in [0.2, 0.25) is 0 Å². The van der Waals surface area contributed by atoms with Gasteiger partial charge in [0.25, 0.3) is 5.91 Å². The molecule has 1 aliphatic carbocycles. The highest BCUT2D eigenvalue weighted by atomic mass is 19.1. The van der Waals surface area contributed by atoms with Gasteiger partial charge in [-0.05, 0) is 44.4 Å². The normalized spacial score (nSPS) is 36.7. The molecule has 0 radical (unpaired) electrons. The van der Waals surface area contributed by atoms with Crippen molar-refractivity contribution >= 4 is 5.91 Å². The van der Waals surface area contributed by atoms with Gasteiger partial charge in [0.1, 0.15) is 12.2 Å². The van der Waals surface area contributed by atoms with Crippen LogP contribution in [0, 0.1) is 5.92 Å². The summed E-state index contributed by atoms with van der Waals surface area (Å²) < 4.78 is 31.6. The number of amides is 1. The van der Waals surface area contributed by atoms with E-state index in [0.29, 0.717) is 38.5 Å². The number of carbonyl (C=O) groups excluding carboxylic acids is 1. The maximum absolute atomic E-state index is 14.2. The first-order chi connectivity index (χ1) is 11.2. The predicted molar refractivity (Wildman–Crippen MR) is 80.8 cm³/mol. The summed E-state index contributed by atoms with van der Waals surface area (Å²) in [6.45, 7) is 3.47. The van der Waals surface area contributed by atoms with Crippen LogP contribution >= 0.6 is 0 Å². The highest BCUT2D eigenvalue weighted by Crippen LogP contribution is 2.44. The summed E-state index contributed by atoms with van der Waals surface area (Å²) in [4.78, 5) is 14.2. The fourth-order valence-electron chi connectivity index (χ4n) is 4.04. The van der Waals surface area contributed by atoms with Crippen LogP contribution in [0.5, 0.6) is 0 Å². The first kappa shape index (κ1) is 15.8. The third-order valence-corrected chi connectivity index (χ3v) is 5.70.